The fourth-order valence-electron chi connectivity index (χ4n) is 1.12. The van der Waals surface area contributed by atoms with E-state index in [4.69, 9.17) is 4.74 Å². The van der Waals surface area contributed by atoms with E-state index in [1.54, 1.807) is 0 Å². The molecule has 0 aliphatic heterocycles. The third-order valence-electron chi connectivity index (χ3n) is 2.36. The molecule has 1 aromatic carbocycles. The fraction of sp³-hybridized carbons (Fsp3) is 0.308. The maximum atomic E-state index is 5.71. The van der Waals surface area contributed by atoms with Gasteiger partial charge in [-0.1, -0.05) is 0 Å². The van der Waals surface area contributed by atoms with Gasteiger partial charge in [-0.05, 0) is 0 Å². The zero-order chi connectivity index (χ0) is 12.2. The second-order valence-corrected chi connectivity index (χ2v) is 10.5. The molecule has 0 unspecified atom stereocenters. The fourth-order valence-corrected chi connectivity index (χ4v) is 3.33. The van der Waals surface area contributed by atoms with Gasteiger partial charge in [-0.3, -0.25) is 0 Å². The van der Waals surface area contributed by atoms with Crippen LogP contribution in [0, 0.1) is 0 Å². The average molecular weight is 270 g/mol. The van der Waals surface area contributed by atoms with Gasteiger partial charge < -0.3 is 0 Å². The first kappa shape index (κ1) is 13.6. The summed E-state index contributed by atoms with van der Waals surface area (Å²) in [5.74, 6) is 0. The summed E-state index contributed by atoms with van der Waals surface area (Å²) in [5.41, 5.74) is 1.18. The third kappa shape index (κ3) is 4.19. The Bertz CT molecular complexity index is 379. The van der Waals surface area contributed by atoms with E-state index in [9.17, 15) is 0 Å². The second kappa shape index (κ2) is 5.74. The Balaban J connectivity index is 2.51. The molecule has 0 aliphatic carbocycles. The zero-order valence-electron chi connectivity index (χ0n) is 10.1. The number of hydrogen-bond acceptors (Lipinski definition) is 1. The Hall–Kier alpha value is -0.461. The standard InChI is InChI=1S/C13H18OSi.Cr/c1-12(15(2,3)4)10-14-11-13-8-6-5-7-9-13;/h5-9H,1,11H2,2-4H3;. The van der Waals surface area contributed by atoms with Gasteiger partial charge in [0.1, 0.15) is 0 Å². The van der Waals surface area contributed by atoms with Gasteiger partial charge in [-0.15, -0.1) is 0 Å². The van der Waals surface area contributed by atoms with Crippen LogP contribution in [-0.4, -0.2) is 12.6 Å². The molecule has 0 bridgehead atoms. The normalized spacial score (nSPS) is 11.2. The van der Waals surface area contributed by atoms with Crippen LogP contribution in [0.2, 0.25) is 19.6 Å². The van der Waals surface area contributed by atoms with Crippen molar-refractivity contribution in [3.05, 3.63) is 47.7 Å². The predicted octanol–water partition coefficient (Wildman–Crippen LogP) is 3.31. The van der Waals surface area contributed by atoms with Crippen LogP contribution in [0.3, 0.4) is 0 Å². The molecule has 0 atom stereocenters. The Kier molecular flexibility index (Phi) is 4.88. The minimum atomic E-state index is -1.35. The van der Waals surface area contributed by atoms with Gasteiger partial charge >= 0.3 is 107 Å². The molecule has 0 spiro atoms. The van der Waals surface area contributed by atoms with E-state index >= 15 is 0 Å². The predicted molar refractivity (Wildman–Crippen MR) is 68.7 cm³/mol. The molecule has 0 fully saturated rings. The van der Waals surface area contributed by atoms with Crippen LogP contribution in [0.4, 0.5) is 0 Å². The SMILES string of the molecule is C=C([C](=[Cr])OCc1ccccc1)[Si](C)(C)C. The van der Waals surface area contributed by atoms with Gasteiger partial charge in [0.15, 0.2) is 0 Å². The Labute approximate surface area is 107 Å². The molecular weight excluding hydrogens is 252 g/mol. The Morgan fingerprint density at radius 1 is 1.25 bits per heavy atom. The molecule has 0 saturated heterocycles. The van der Waals surface area contributed by atoms with Crippen LogP contribution < -0.4 is 0 Å². The van der Waals surface area contributed by atoms with E-state index in [0.29, 0.717) is 6.61 Å². The van der Waals surface area contributed by atoms with E-state index in [-0.39, 0.29) is 0 Å². The summed E-state index contributed by atoms with van der Waals surface area (Å²) in [5, 5.41) is 1.14. The van der Waals surface area contributed by atoms with E-state index in [1.165, 1.54) is 5.56 Å². The Morgan fingerprint density at radius 3 is 2.31 bits per heavy atom. The first-order chi connectivity index (χ1) is 7.41. The summed E-state index contributed by atoms with van der Waals surface area (Å²) < 4.78 is 6.58. The van der Waals surface area contributed by atoms with Crippen molar-refractivity contribution in [2.45, 2.75) is 26.2 Å². The van der Waals surface area contributed by atoms with Crippen LogP contribution in [0.15, 0.2) is 42.1 Å². The molecule has 0 radical (unpaired) electrons. The summed E-state index contributed by atoms with van der Waals surface area (Å²) in [7, 11) is -1.35. The van der Waals surface area contributed by atoms with Crippen molar-refractivity contribution in [1.82, 2.24) is 0 Å². The quantitative estimate of drug-likeness (QED) is 0.746. The molecule has 1 rings (SSSR count). The monoisotopic (exact) mass is 270 g/mol. The molecule has 1 nitrogen and oxygen atoms in total. The van der Waals surface area contributed by atoms with Gasteiger partial charge in [0.25, 0.3) is 0 Å². The molecular formula is C13H18CrOSi. The number of benzene rings is 1. The van der Waals surface area contributed by atoms with Gasteiger partial charge in [0.2, 0.25) is 0 Å². The van der Waals surface area contributed by atoms with Crippen molar-refractivity contribution in [2.75, 3.05) is 0 Å². The maximum absolute atomic E-state index is 5.71. The molecule has 16 heavy (non-hydrogen) atoms. The molecule has 86 valence electrons. The van der Waals surface area contributed by atoms with Gasteiger partial charge in [-0.2, -0.15) is 0 Å². The van der Waals surface area contributed by atoms with Gasteiger partial charge in [-0.25, -0.2) is 0 Å². The molecule has 0 N–H and O–H groups in total. The van der Waals surface area contributed by atoms with E-state index < -0.39 is 8.07 Å². The summed E-state index contributed by atoms with van der Waals surface area (Å²) in [4.78, 5) is 0. The number of hydrogen-bond donors (Lipinski definition) is 0. The van der Waals surface area contributed by atoms with Crippen molar-refractivity contribution < 1.29 is 20.6 Å². The second-order valence-electron chi connectivity index (χ2n) is 4.79. The first-order valence-corrected chi connectivity index (χ1v) is 9.45. The number of rotatable bonds is 5. The van der Waals surface area contributed by atoms with Crippen molar-refractivity contribution in [2.24, 2.45) is 0 Å². The molecule has 0 amide bonds. The van der Waals surface area contributed by atoms with Crippen LogP contribution in [0.25, 0.3) is 0 Å². The Morgan fingerprint density at radius 2 is 1.81 bits per heavy atom. The molecule has 0 saturated carbocycles. The number of ether oxygens (including phenoxy) is 1. The van der Waals surface area contributed by atoms with Gasteiger partial charge in [0, 0.05) is 0 Å². The first-order valence-electron chi connectivity index (χ1n) is 5.31. The third-order valence-corrected chi connectivity index (χ3v) is 5.27. The minimum absolute atomic E-state index is 0.604. The van der Waals surface area contributed by atoms with Gasteiger partial charge in [0.05, 0.1) is 0 Å². The molecule has 0 aliphatic rings. The molecule has 1 aromatic rings. The van der Waals surface area contributed by atoms with Crippen molar-refractivity contribution >= 4 is 12.6 Å². The van der Waals surface area contributed by atoms with Crippen molar-refractivity contribution in [1.29, 1.82) is 0 Å². The van der Waals surface area contributed by atoms with E-state index in [2.05, 4.69) is 54.2 Å². The van der Waals surface area contributed by atoms with E-state index in [1.807, 2.05) is 18.2 Å². The molecule has 0 aromatic heterocycles. The average Bonchev–Trinajstić information content (AvgIpc) is 2.25. The van der Waals surface area contributed by atoms with Crippen LogP contribution >= 0.6 is 0 Å². The van der Waals surface area contributed by atoms with Crippen LogP contribution in [0.5, 0.6) is 0 Å². The van der Waals surface area contributed by atoms with E-state index in [0.717, 1.165) is 9.76 Å². The van der Waals surface area contributed by atoms with Crippen LogP contribution in [0.1, 0.15) is 5.56 Å². The van der Waals surface area contributed by atoms with Crippen molar-refractivity contribution in [3.63, 3.8) is 0 Å². The summed E-state index contributed by atoms with van der Waals surface area (Å²) >= 11 is 2.98. The molecule has 3 heteroatoms. The summed E-state index contributed by atoms with van der Waals surface area (Å²) in [6.45, 7) is 11.5. The van der Waals surface area contributed by atoms with Crippen LogP contribution in [-0.2, 0) is 27.2 Å². The zero-order valence-corrected chi connectivity index (χ0v) is 12.4. The molecule has 0 heterocycles. The summed E-state index contributed by atoms with van der Waals surface area (Å²) in [6.07, 6.45) is 0. The topological polar surface area (TPSA) is 9.23 Å². The van der Waals surface area contributed by atoms with Crippen molar-refractivity contribution in [3.8, 4) is 0 Å². The summed E-state index contributed by atoms with van der Waals surface area (Å²) in [6, 6.07) is 10.2.